The molecule has 1 aliphatic rings. The third-order valence-corrected chi connectivity index (χ3v) is 3.56. The fraction of sp³-hybridized carbons (Fsp3) is 0.533. The van der Waals surface area contributed by atoms with Crippen molar-refractivity contribution in [1.82, 2.24) is 10.2 Å². The zero-order chi connectivity index (χ0) is 13.7. The Bertz CT molecular complexity index is 408. The van der Waals surface area contributed by atoms with Gasteiger partial charge in [0.15, 0.2) is 0 Å². The Morgan fingerprint density at radius 1 is 1.21 bits per heavy atom. The molecule has 2 rings (SSSR count). The molecule has 1 heterocycles. The van der Waals surface area contributed by atoms with E-state index in [2.05, 4.69) is 10.2 Å². The van der Waals surface area contributed by atoms with Crippen LogP contribution in [-0.2, 0) is 0 Å². The molecule has 4 heteroatoms. The summed E-state index contributed by atoms with van der Waals surface area (Å²) in [6, 6.07) is 7.69. The van der Waals surface area contributed by atoms with Crippen LogP contribution in [0.1, 0.15) is 23.2 Å². The first kappa shape index (κ1) is 13.9. The molecule has 1 aliphatic heterocycles. The monoisotopic (exact) mass is 261 g/mol. The van der Waals surface area contributed by atoms with Gasteiger partial charge in [-0.25, -0.2) is 0 Å². The zero-order valence-electron chi connectivity index (χ0n) is 11.9. The fourth-order valence-electron chi connectivity index (χ4n) is 2.35. The van der Waals surface area contributed by atoms with Gasteiger partial charge in [-0.1, -0.05) is 0 Å². The molecule has 1 amide bonds. The summed E-state index contributed by atoms with van der Waals surface area (Å²) in [5, 5.41) is 2.98. The lowest BCUT2D eigenvalue weighted by atomic mass is 10.2. The number of carbonyl (C=O) groups excluding carboxylic acids is 1. The Kier molecular flexibility index (Phi) is 4.80. The van der Waals surface area contributed by atoms with E-state index in [1.54, 1.807) is 0 Å². The molecule has 0 radical (unpaired) electrons. The molecule has 4 nitrogen and oxygen atoms in total. The minimum atomic E-state index is 0.0181. The first-order valence-electron chi connectivity index (χ1n) is 6.95. The summed E-state index contributed by atoms with van der Waals surface area (Å²) >= 11 is 0. The van der Waals surface area contributed by atoms with Crippen LogP contribution in [0.4, 0.5) is 5.69 Å². The highest BCUT2D eigenvalue weighted by atomic mass is 16.1. The van der Waals surface area contributed by atoms with Gasteiger partial charge in [-0.05, 0) is 50.2 Å². The van der Waals surface area contributed by atoms with Crippen molar-refractivity contribution in [2.75, 3.05) is 45.2 Å². The lowest BCUT2D eigenvalue weighted by molar-refractivity contribution is 0.0950. The molecule has 1 aromatic carbocycles. The maximum absolute atomic E-state index is 12.0. The average Bonchev–Trinajstić information content (AvgIpc) is 2.92. The molecule has 19 heavy (non-hydrogen) atoms. The van der Waals surface area contributed by atoms with E-state index in [0.29, 0.717) is 0 Å². The van der Waals surface area contributed by atoms with Crippen molar-refractivity contribution in [2.45, 2.75) is 12.8 Å². The van der Waals surface area contributed by atoms with Crippen LogP contribution >= 0.6 is 0 Å². The van der Waals surface area contributed by atoms with E-state index in [9.17, 15) is 4.79 Å². The number of rotatable bonds is 5. The third-order valence-electron chi connectivity index (χ3n) is 3.56. The second-order valence-electron chi connectivity index (χ2n) is 5.25. The molecule has 0 unspecified atom stereocenters. The molecule has 1 fully saturated rings. The van der Waals surface area contributed by atoms with Crippen molar-refractivity contribution < 1.29 is 4.79 Å². The van der Waals surface area contributed by atoms with Gasteiger partial charge in [-0.2, -0.15) is 0 Å². The van der Waals surface area contributed by atoms with Gasteiger partial charge in [0.25, 0.3) is 5.91 Å². The van der Waals surface area contributed by atoms with E-state index in [4.69, 9.17) is 0 Å². The first-order chi connectivity index (χ1) is 9.16. The topological polar surface area (TPSA) is 35.6 Å². The second-order valence-corrected chi connectivity index (χ2v) is 5.25. The molecule has 0 bridgehead atoms. The number of hydrogen-bond donors (Lipinski definition) is 1. The molecule has 0 saturated carbocycles. The van der Waals surface area contributed by atoms with Crippen LogP contribution in [0.15, 0.2) is 24.3 Å². The molecule has 0 aliphatic carbocycles. The number of likely N-dealkylation sites (tertiary alicyclic amines) is 1. The Morgan fingerprint density at radius 2 is 1.84 bits per heavy atom. The van der Waals surface area contributed by atoms with Crippen LogP contribution in [0, 0.1) is 0 Å². The maximum Gasteiger partial charge on any atom is 0.251 e. The Balaban J connectivity index is 1.78. The van der Waals surface area contributed by atoms with Gasteiger partial charge in [-0.3, -0.25) is 4.79 Å². The predicted molar refractivity (Wildman–Crippen MR) is 78.8 cm³/mol. The lowest BCUT2D eigenvalue weighted by Crippen LogP contribution is -2.33. The maximum atomic E-state index is 12.0. The molecule has 1 N–H and O–H groups in total. The molecule has 0 spiro atoms. The van der Waals surface area contributed by atoms with E-state index in [0.717, 1.165) is 24.3 Å². The summed E-state index contributed by atoms with van der Waals surface area (Å²) < 4.78 is 0. The summed E-state index contributed by atoms with van der Waals surface area (Å²) in [5.41, 5.74) is 1.83. The van der Waals surface area contributed by atoms with E-state index >= 15 is 0 Å². The fourth-order valence-corrected chi connectivity index (χ4v) is 2.35. The van der Waals surface area contributed by atoms with Crippen LogP contribution in [0.5, 0.6) is 0 Å². The summed E-state index contributed by atoms with van der Waals surface area (Å²) in [6.45, 7) is 4.04. The number of amides is 1. The lowest BCUT2D eigenvalue weighted by Gasteiger charge is -2.15. The molecule has 0 atom stereocenters. The van der Waals surface area contributed by atoms with Crippen molar-refractivity contribution in [2.24, 2.45) is 0 Å². The van der Waals surface area contributed by atoms with Crippen molar-refractivity contribution in [3.05, 3.63) is 29.8 Å². The minimum absolute atomic E-state index is 0.0181. The minimum Gasteiger partial charge on any atom is -0.378 e. The average molecular weight is 261 g/mol. The number of nitrogens with one attached hydrogen (secondary N) is 1. The standard InChI is InChI=1S/C15H23N3O/c1-17(2)14-7-5-13(6-8-14)15(19)16-9-12-18-10-3-4-11-18/h5-8H,3-4,9-12H2,1-2H3,(H,16,19). The Hall–Kier alpha value is -1.55. The van der Waals surface area contributed by atoms with E-state index < -0.39 is 0 Å². The summed E-state index contributed by atoms with van der Waals surface area (Å²) in [4.78, 5) is 16.4. The Morgan fingerprint density at radius 3 is 2.42 bits per heavy atom. The second kappa shape index (κ2) is 6.57. The van der Waals surface area contributed by atoms with Gasteiger partial charge in [-0.15, -0.1) is 0 Å². The molecule has 1 saturated heterocycles. The van der Waals surface area contributed by atoms with Crippen LogP contribution in [0.3, 0.4) is 0 Å². The number of anilines is 1. The molecule has 104 valence electrons. The smallest absolute Gasteiger partial charge is 0.251 e. The highest BCUT2D eigenvalue weighted by Crippen LogP contribution is 2.12. The first-order valence-corrected chi connectivity index (χ1v) is 6.95. The van der Waals surface area contributed by atoms with Gasteiger partial charge >= 0.3 is 0 Å². The normalized spacial score (nSPS) is 15.5. The van der Waals surface area contributed by atoms with E-state index in [-0.39, 0.29) is 5.91 Å². The van der Waals surface area contributed by atoms with E-state index in [1.807, 2.05) is 43.3 Å². The van der Waals surface area contributed by atoms with Crippen molar-refractivity contribution in [1.29, 1.82) is 0 Å². The highest BCUT2D eigenvalue weighted by Gasteiger charge is 2.11. The molecule has 0 aromatic heterocycles. The predicted octanol–water partition coefficient (Wildman–Crippen LogP) is 1.58. The molecular formula is C15H23N3O. The van der Waals surface area contributed by atoms with Gasteiger partial charge in [0.05, 0.1) is 0 Å². The van der Waals surface area contributed by atoms with Crippen LogP contribution in [0.2, 0.25) is 0 Å². The third kappa shape index (κ3) is 3.96. The van der Waals surface area contributed by atoms with Crippen LogP contribution in [0.25, 0.3) is 0 Å². The number of carbonyl (C=O) groups is 1. The van der Waals surface area contributed by atoms with Crippen molar-refractivity contribution in [3.8, 4) is 0 Å². The summed E-state index contributed by atoms with van der Waals surface area (Å²) in [6.07, 6.45) is 2.58. The number of hydrogen-bond acceptors (Lipinski definition) is 3. The van der Waals surface area contributed by atoms with Gasteiger partial charge in [0, 0.05) is 38.4 Å². The summed E-state index contributed by atoms with van der Waals surface area (Å²) in [5.74, 6) is 0.0181. The van der Waals surface area contributed by atoms with Gasteiger partial charge in [0.1, 0.15) is 0 Å². The molecular weight excluding hydrogens is 238 g/mol. The Labute approximate surface area is 115 Å². The zero-order valence-corrected chi connectivity index (χ0v) is 11.9. The van der Waals surface area contributed by atoms with Gasteiger partial charge < -0.3 is 15.1 Å². The van der Waals surface area contributed by atoms with Crippen LogP contribution in [-0.4, -0.2) is 51.1 Å². The summed E-state index contributed by atoms with van der Waals surface area (Å²) in [7, 11) is 3.98. The molecule has 1 aromatic rings. The number of benzene rings is 1. The van der Waals surface area contributed by atoms with Gasteiger partial charge in [0.2, 0.25) is 0 Å². The van der Waals surface area contributed by atoms with Crippen LogP contribution < -0.4 is 10.2 Å². The highest BCUT2D eigenvalue weighted by molar-refractivity contribution is 5.94. The van der Waals surface area contributed by atoms with Crippen molar-refractivity contribution >= 4 is 11.6 Å². The SMILES string of the molecule is CN(C)c1ccc(C(=O)NCCN2CCCC2)cc1. The van der Waals surface area contributed by atoms with E-state index in [1.165, 1.54) is 25.9 Å². The quantitative estimate of drug-likeness (QED) is 0.874. The largest absolute Gasteiger partial charge is 0.378 e. The number of nitrogens with zero attached hydrogens (tertiary/aromatic N) is 2. The van der Waals surface area contributed by atoms with Crippen molar-refractivity contribution in [3.63, 3.8) is 0 Å².